The number of hydrogen-bond acceptors (Lipinski definition) is 9. The zero-order valence-corrected chi connectivity index (χ0v) is 19.5. The van der Waals surface area contributed by atoms with E-state index in [4.69, 9.17) is 9.26 Å². The molecule has 1 N–H and O–H groups in total. The van der Waals surface area contributed by atoms with Crippen molar-refractivity contribution in [3.05, 3.63) is 71.0 Å². The number of nitrogens with one attached hydrogen (secondary N) is 1. The van der Waals surface area contributed by atoms with Crippen LogP contribution in [0.1, 0.15) is 34.2 Å². The molecule has 0 atom stereocenters. The van der Waals surface area contributed by atoms with E-state index < -0.39 is 0 Å². The van der Waals surface area contributed by atoms with Gasteiger partial charge < -0.3 is 14.6 Å². The Morgan fingerprint density at radius 3 is 2.60 bits per heavy atom. The Hall–Kier alpha value is -4.62. The summed E-state index contributed by atoms with van der Waals surface area (Å²) in [7, 11) is 1.93. The predicted molar refractivity (Wildman–Crippen MR) is 129 cm³/mol. The Kier molecular flexibility index (Phi) is 7.09. The first-order valence-corrected chi connectivity index (χ1v) is 10.9. The maximum atomic E-state index is 11.0. The van der Waals surface area contributed by atoms with Crippen molar-refractivity contribution in [3.63, 3.8) is 0 Å². The fourth-order valence-electron chi connectivity index (χ4n) is 3.33. The number of carbonyl (C=O) groups excluding carboxylic acids is 1. The Morgan fingerprint density at radius 1 is 1.17 bits per heavy atom. The van der Waals surface area contributed by atoms with Crippen LogP contribution in [0.2, 0.25) is 0 Å². The Bertz CT molecular complexity index is 1530. The van der Waals surface area contributed by atoms with Gasteiger partial charge in [0, 0.05) is 28.0 Å². The fourth-order valence-corrected chi connectivity index (χ4v) is 3.33. The van der Waals surface area contributed by atoms with Crippen LogP contribution in [0.5, 0.6) is 5.88 Å². The van der Waals surface area contributed by atoms with Crippen LogP contribution in [0.4, 0.5) is 0 Å². The molecule has 0 fully saturated rings. The molecule has 5 rings (SSSR count). The van der Waals surface area contributed by atoms with E-state index in [9.17, 15) is 10.1 Å². The van der Waals surface area contributed by atoms with Crippen molar-refractivity contribution in [2.24, 2.45) is 0 Å². The molecular weight excluding hydrogens is 446 g/mol. The molecule has 10 nitrogen and oxygen atoms in total. The lowest BCUT2D eigenvalue weighted by molar-refractivity contribution is 0.112. The Balaban J connectivity index is 0.000000672. The van der Waals surface area contributed by atoms with Crippen LogP contribution < -0.4 is 10.1 Å². The van der Waals surface area contributed by atoms with Gasteiger partial charge in [0.25, 0.3) is 0 Å². The van der Waals surface area contributed by atoms with E-state index in [2.05, 4.69) is 38.8 Å². The summed E-state index contributed by atoms with van der Waals surface area (Å²) in [5, 5.41) is 31.0. The zero-order valence-electron chi connectivity index (χ0n) is 19.5. The van der Waals surface area contributed by atoms with Crippen LogP contribution in [0.25, 0.3) is 27.9 Å². The molecule has 0 bridgehead atoms. The molecule has 0 saturated heterocycles. The van der Waals surface area contributed by atoms with Gasteiger partial charge >= 0.3 is 0 Å². The number of aldehydes is 1. The van der Waals surface area contributed by atoms with Crippen molar-refractivity contribution < 1.29 is 14.1 Å². The number of nitrogens with zero attached hydrogens (tertiary/aromatic N) is 6. The van der Waals surface area contributed by atoms with Crippen LogP contribution in [-0.2, 0) is 6.61 Å². The van der Waals surface area contributed by atoms with Gasteiger partial charge in [-0.25, -0.2) is 0 Å². The molecule has 0 aliphatic heterocycles. The molecule has 0 unspecified atom stereocenters. The number of aromatic nitrogens is 5. The smallest absolute Gasteiger partial charge is 0.240 e. The van der Waals surface area contributed by atoms with Crippen molar-refractivity contribution in [1.29, 1.82) is 5.26 Å². The molecule has 3 aromatic heterocycles. The molecule has 10 heteroatoms. The number of aryl methyl sites for hydroxylation is 1. The van der Waals surface area contributed by atoms with Gasteiger partial charge in [-0.1, -0.05) is 42.4 Å². The first-order chi connectivity index (χ1) is 17.1. The van der Waals surface area contributed by atoms with Gasteiger partial charge in [-0.3, -0.25) is 4.79 Å². The largest absolute Gasteiger partial charge is 0.471 e. The second kappa shape index (κ2) is 10.5. The number of fused-ring (bicyclic) bond motifs is 3. The number of ether oxygens (including phenoxy) is 1. The van der Waals surface area contributed by atoms with E-state index in [1.54, 1.807) is 29.6 Å². The summed E-state index contributed by atoms with van der Waals surface area (Å²) in [6.45, 7) is 5.03. The van der Waals surface area contributed by atoms with Crippen LogP contribution in [0.15, 0.2) is 53.1 Å². The number of carbonyl (C=O) groups is 1. The van der Waals surface area contributed by atoms with E-state index in [1.807, 2.05) is 31.3 Å². The molecule has 35 heavy (non-hydrogen) atoms. The summed E-state index contributed by atoms with van der Waals surface area (Å²) in [5.41, 5.74) is 2.53. The van der Waals surface area contributed by atoms with Crippen LogP contribution >= 0.6 is 0 Å². The molecule has 3 heterocycles. The highest BCUT2D eigenvalue weighted by molar-refractivity contribution is 5.97. The lowest BCUT2D eigenvalue weighted by Crippen LogP contribution is -2.05. The van der Waals surface area contributed by atoms with Crippen molar-refractivity contribution in [3.8, 4) is 23.5 Å². The summed E-state index contributed by atoms with van der Waals surface area (Å²) in [5.74, 6) is 1.43. The minimum Gasteiger partial charge on any atom is -0.471 e. The van der Waals surface area contributed by atoms with Crippen LogP contribution in [0.3, 0.4) is 0 Å². The Labute approximate surface area is 201 Å². The van der Waals surface area contributed by atoms with Crippen molar-refractivity contribution >= 4 is 22.7 Å². The highest BCUT2D eigenvalue weighted by atomic mass is 16.5. The molecule has 2 aromatic carbocycles. The number of rotatable bonds is 6. The molecule has 0 aliphatic rings. The molecule has 0 spiro atoms. The normalized spacial score (nSPS) is 10.6. The molecule has 5 aromatic rings. The third-order valence-corrected chi connectivity index (χ3v) is 5.20. The SMILES string of the molecule is CCNC.Cc1cc(-c2nnc3c4ccccc4c(OCc4ccc(C=O)cc4C#N)nn23)no1. The van der Waals surface area contributed by atoms with Gasteiger partial charge in [0.1, 0.15) is 18.7 Å². The van der Waals surface area contributed by atoms with Gasteiger partial charge in [-0.2, -0.15) is 9.78 Å². The fraction of sp³-hybridized carbons (Fsp3) is 0.200. The maximum absolute atomic E-state index is 11.0. The van der Waals surface area contributed by atoms with E-state index in [0.29, 0.717) is 51.8 Å². The quantitative estimate of drug-likeness (QED) is 0.369. The predicted octanol–water partition coefficient (Wildman–Crippen LogP) is 3.73. The molecule has 176 valence electrons. The standard InChI is InChI=1S/C22H14N6O3.C3H9N/c1-13-8-19(27-31-13)21-25-24-20-17-4-2-3-5-18(17)22(26-28(20)21)30-12-15-7-6-14(11-29)9-16(15)10-23;1-3-4-2/h2-9,11H,12H2,1H3;4H,3H2,1-2H3. The second-order valence-corrected chi connectivity index (χ2v) is 7.57. The summed E-state index contributed by atoms with van der Waals surface area (Å²) in [6, 6.07) is 16.3. The average Bonchev–Trinajstić information content (AvgIpc) is 3.53. The van der Waals surface area contributed by atoms with Gasteiger partial charge in [0.15, 0.2) is 11.3 Å². The van der Waals surface area contributed by atoms with Crippen LogP contribution in [-0.4, -0.2) is 44.8 Å². The van der Waals surface area contributed by atoms with Crippen LogP contribution in [0, 0.1) is 18.3 Å². The van der Waals surface area contributed by atoms with Gasteiger partial charge in [0.2, 0.25) is 11.7 Å². The third-order valence-electron chi connectivity index (χ3n) is 5.20. The monoisotopic (exact) mass is 469 g/mol. The number of nitriles is 1. The van der Waals surface area contributed by atoms with Gasteiger partial charge in [0.05, 0.1) is 11.6 Å². The molecular formula is C25H23N7O3. The summed E-state index contributed by atoms with van der Waals surface area (Å²) >= 11 is 0. The topological polar surface area (TPSA) is 131 Å². The van der Waals surface area contributed by atoms with E-state index in [0.717, 1.165) is 17.3 Å². The summed E-state index contributed by atoms with van der Waals surface area (Å²) in [6.07, 6.45) is 0.702. The maximum Gasteiger partial charge on any atom is 0.240 e. The molecule has 0 aliphatic carbocycles. The minimum absolute atomic E-state index is 0.102. The number of hydrogen-bond donors (Lipinski definition) is 1. The van der Waals surface area contributed by atoms with Gasteiger partial charge in [-0.05, 0) is 32.6 Å². The van der Waals surface area contributed by atoms with E-state index >= 15 is 0 Å². The van der Waals surface area contributed by atoms with Crippen molar-refractivity contribution in [1.82, 2.24) is 30.3 Å². The van der Waals surface area contributed by atoms with E-state index in [1.165, 1.54) is 6.07 Å². The molecule has 0 amide bonds. The van der Waals surface area contributed by atoms with Crippen molar-refractivity contribution in [2.45, 2.75) is 20.5 Å². The molecule has 0 saturated carbocycles. The summed E-state index contributed by atoms with van der Waals surface area (Å²) in [4.78, 5) is 11.0. The first kappa shape index (κ1) is 23.5. The second-order valence-electron chi connectivity index (χ2n) is 7.57. The van der Waals surface area contributed by atoms with Gasteiger partial charge in [-0.15, -0.1) is 15.3 Å². The molecule has 0 radical (unpaired) electrons. The average molecular weight is 470 g/mol. The first-order valence-electron chi connectivity index (χ1n) is 10.9. The Morgan fingerprint density at radius 2 is 1.94 bits per heavy atom. The van der Waals surface area contributed by atoms with E-state index in [-0.39, 0.29) is 6.61 Å². The zero-order chi connectivity index (χ0) is 24.8. The highest BCUT2D eigenvalue weighted by Crippen LogP contribution is 2.29. The van der Waals surface area contributed by atoms with Crippen molar-refractivity contribution in [2.75, 3.05) is 13.6 Å². The lowest BCUT2D eigenvalue weighted by atomic mass is 10.1. The number of benzene rings is 2. The third kappa shape index (κ3) is 4.85. The highest BCUT2D eigenvalue weighted by Gasteiger charge is 2.18. The summed E-state index contributed by atoms with van der Waals surface area (Å²) < 4.78 is 12.7. The minimum atomic E-state index is 0.102. The lowest BCUT2D eigenvalue weighted by Gasteiger charge is -2.11.